The molecule has 0 saturated carbocycles. The third kappa shape index (κ3) is 9.34. The number of nitrogens with zero attached hydrogens (tertiary/aromatic N) is 11. The Morgan fingerprint density at radius 2 is 1.14 bits per heavy atom. The number of thiazole rings is 2. The van der Waals surface area contributed by atoms with E-state index in [1.807, 2.05) is 27.8 Å². The minimum Gasteiger partial charge on any atom is -0.340 e. The number of rotatable bonds is 11. The van der Waals surface area contributed by atoms with Crippen molar-refractivity contribution in [3.63, 3.8) is 0 Å². The van der Waals surface area contributed by atoms with E-state index in [4.69, 9.17) is 19.9 Å². The molecule has 3 N–H and O–H groups in total. The Hall–Kier alpha value is -5.99. The van der Waals surface area contributed by atoms with Gasteiger partial charge in [-0.3, -0.25) is 34.2 Å². The maximum atomic E-state index is 15.2. The molecule has 4 unspecified atom stereocenters. The summed E-state index contributed by atoms with van der Waals surface area (Å²) < 4.78 is 0. The van der Waals surface area contributed by atoms with E-state index in [1.165, 1.54) is 29.6 Å². The van der Waals surface area contributed by atoms with Gasteiger partial charge in [-0.05, 0) is 38.1 Å². The third-order valence-electron chi connectivity index (χ3n) is 10.0. The van der Waals surface area contributed by atoms with Crippen molar-refractivity contribution in [2.75, 3.05) is 49.9 Å². The van der Waals surface area contributed by atoms with Crippen LogP contribution in [0.3, 0.4) is 0 Å². The second-order valence-electron chi connectivity index (χ2n) is 14.4. The molecule has 0 spiro atoms. The molecule has 59 heavy (non-hydrogen) atoms. The summed E-state index contributed by atoms with van der Waals surface area (Å²) in [5.74, 6) is 0.157. The Bertz CT molecular complexity index is 2370. The van der Waals surface area contributed by atoms with Crippen LogP contribution in [0.25, 0.3) is 44.4 Å². The molecular formula is C40H42N14O3S2. The number of hydrogen-bond acceptors (Lipinski definition) is 16. The lowest BCUT2D eigenvalue weighted by Crippen LogP contribution is -2.68. The van der Waals surface area contributed by atoms with Crippen molar-refractivity contribution in [1.82, 2.24) is 59.9 Å². The first-order valence-electron chi connectivity index (χ1n) is 19.2. The number of carbonyl (C=O) groups excluding carboxylic acids is 3. The lowest BCUT2D eigenvalue weighted by Gasteiger charge is -2.46. The molecule has 6 aromatic heterocycles. The molecule has 0 aromatic carbocycles. The van der Waals surface area contributed by atoms with Crippen molar-refractivity contribution in [1.29, 1.82) is 0 Å². The Morgan fingerprint density at radius 1 is 0.644 bits per heavy atom. The molecule has 8 heterocycles. The topological polar surface area (TPSA) is 200 Å². The fraction of sp³-hybridized carbons (Fsp3) is 0.325. The SMILES string of the molecule is CC(=O)N1CCN(C(C(=O)Nc2cc(-c3nccs3)nc(-c3ccccn3)n2)C(C(=O)Nc2cc(-c3nccs3)nc(-c3ccccn3)n2)N2CC(C)NC(C)C2)CC1. The van der Waals surface area contributed by atoms with Gasteiger partial charge in [-0.15, -0.1) is 22.7 Å². The highest BCUT2D eigenvalue weighted by atomic mass is 32.1. The molecule has 0 radical (unpaired) electrons. The zero-order chi connectivity index (χ0) is 40.9. The van der Waals surface area contributed by atoms with Crippen LogP contribution >= 0.6 is 22.7 Å². The zero-order valence-electron chi connectivity index (χ0n) is 32.6. The number of amides is 3. The van der Waals surface area contributed by atoms with Crippen LogP contribution in [0.5, 0.6) is 0 Å². The molecule has 4 atom stereocenters. The predicted octanol–water partition coefficient (Wildman–Crippen LogP) is 3.80. The molecule has 2 fully saturated rings. The van der Waals surface area contributed by atoms with Gasteiger partial charge in [0, 0.05) is 106 Å². The van der Waals surface area contributed by atoms with E-state index in [2.05, 4.69) is 54.6 Å². The first-order chi connectivity index (χ1) is 28.7. The van der Waals surface area contributed by atoms with E-state index < -0.39 is 23.9 Å². The van der Waals surface area contributed by atoms with Crippen molar-refractivity contribution < 1.29 is 14.4 Å². The van der Waals surface area contributed by atoms with Gasteiger partial charge < -0.3 is 20.9 Å². The van der Waals surface area contributed by atoms with E-state index in [0.717, 1.165) is 0 Å². The van der Waals surface area contributed by atoms with Gasteiger partial charge in [0.2, 0.25) is 17.7 Å². The number of carbonyl (C=O) groups is 3. The fourth-order valence-electron chi connectivity index (χ4n) is 7.49. The number of piperazine rings is 2. The molecule has 17 nitrogen and oxygen atoms in total. The lowest BCUT2D eigenvalue weighted by atomic mass is 9.98. The first kappa shape index (κ1) is 39.8. The van der Waals surface area contributed by atoms with E-state index in [0.29, 0.717) is 83.7 Å². The molecule has 0 bridgehead atoms. The number of anilines is 2. The Morgan fingerprint density at radius 3 is 1.56 bits per heavy atom. The smallest absolute Gasteiger partial charge is 0.245 e. The molecule has 302 valence electrons. The van der Waals surface area contributed by atoms with Gasteiger partial charge in [-0.1, -0.05) is 12.1 Å². The average Bonchev–Trinajstić information content (AvgIpc) is 3.99. The number of nitrogens with one attached hydrogen (secondary N) is 3. The minimum atomic E-state index is -1.03. The van der Waals surface area contributed by atoms with Crippen LogP contribution in [-0.2, 0) is 14.4 Å². The summed E-state index contributed by atoms with van der Waals surface area (Å²) in [6.45, 7) is 8.12. The van der Waals surface area contributed by atoms with Gasteiger partial charge in [-0.25, -0.2) is 29.9 Å². The van der Waals surface area contributed by atoms with Crippen LogP contribution < -0.4 is 16.0 Å². The fourth-order valence-corrected chi connectivity index (χ4v) is 8.69. The maximum Gasteiger partial charge on any atom is 0.245 e. The molecule has 2 aliphatic heterocycles. The van der Waals surface area contributed by atoms with Gasteiger partial charge in [0.05, 0.1) is 0 Å². The second kappa shape index (κ2) is 17.9. The highest BCUT2D eigenvalue weighted by Gasteiger charge is 2.45. The quantitative estimate of drug-likeness (QED) is 0.170. The van der Waals surface area contributed by atoms with E-state index in [-0.39, 0.29) is 29.6 Å². The van der Waals surface area contributed by atoms with Crippen LogP contribution in [0.2, 0.25) is 0 Å². The van der Waals surface area contributed by atoms with Gasteiger partial charge in [0.15, 0.2) is 11.6 Å². The molecule has 2 saturated heterocycles. The van der Waals surface area contributed by atoms with E-state index in [9.17, 15) is 4.79 Å². The third-order valence-corrected chi connectivity index (χ3v) is 11.6. The molecule has 19 heteroatoms. The Balaban J connectivity index is 1.20. The first-order valence-corrected chi connectivity index (χ1v) is 21.0. The highest BCUT2D eigenvalue weighted by molar-refractivity contribution is 7.13. The van der Waals surface area contributed by atoms with Gasteiger partial charge in [0.1, 0.15) is 56.5 Å². The van der Waals surface area contributed by atoms with Gasteiger partial charge in [-0.2, -0.15) is 0 Å². The summed E-state index contributed by atoms with van der Waals surface area (Å²) in [4.78, 5) is 85.4. The largest absolute Gasteiger partial charge is 0.340 e. The Kier molecular flexibility index (Phi) is 12.1. The molecular weight excluding hydrogens is 789 g/mol. The Labute approximate surface area is 348 Å². The lowest BCUT2D eigenvalue weighted by molar-refractivity contribution is -0.137. The summed E-state index contributed by atoms with van der Waals surface area (Å²) >= 11 is 2.82. The van der Waals surface area contributed by atoms with Crippen molar-refractivity contribution in [3.05, 3.63) is 84.1 Å². The molecule has 2 aliphatic rings. The summed E-state index contributed by atoms with van der Waals surface area (Å²) in [6.07, 6.45) is 6.68. The zero-order valence-corrected chi connectivity index (χ0v) is 34.2. The summed E-state index contributed by atoms with van der Waals surface area (Å²) in [7, 11) is 0. The standard InChI is InChI=1S/C40H42N14O3S2/c1-24-22-54(23-25(2)45-24)34(38(57)51-32-21-30(40-44-13-19-59-40)47-36(49-32)28-9-5-7-11-42-28)33(53-16-14-52(15-17-53)26(3)55)37(56)50-31-20-29(39-43-12-18-58-39)46-35(48-31)27-8-4-6-10-41-27/h4-13,18-21,24-25,33-34,45H,14-17,22-23H2,1-3H3,(H,46,48,50,56)(H,47,49,51,57). The minimum absolute atomic E-state index is 0.0160. The monoisotopic (exact) mass is 830 g/mol. The van der Waals surface area contributed by atoms with E-state index in [1.54, 1.807) is 66.1 Å². The van der Waals surface area contributed by atoms with Crippen LogP contribution in [0.4, 0.5) is 11.6 Å². The molecule has 3 amide bonds. The van der Waals surface area contributed by atoms with Crippen LogP contribution in [-0.4, -0.2) is 136 Å². The van der Waals surface area contributed by atoms with Crippen molar-refractivity contribution >= 4 is 52.0 Å². The van der Waals surface area contributed by atoms with Gasteiger partial charge >= 0.3 is 0 Å². The van der Waals surface area contributed by atoms with Crippen LogP contribution in [0, 0.1) is 0 Å². The predicted molar refractivity (Wildman–Crippen MR) is 225 cm³/mol. The summed E-state index contributed by atoms with van der Waals surface area (Å²) in [5, 5.41) is 14.7. The molecule has 0 aliphatic carbocycles. The van der Waals surface area contributed by atoms with Crippen LogP contribution in [0.1, 0.15) is 20.8 Å². The summed E-state index contributed by atoms with van der Waals surface area (Å²) in [6, 6.07) is 12.2. The van der Waals surface area contributed by atoms with Crippen molar-refractivity contribution in [2.24, 2.45) is 0 Å². The highest BCUT2D eigenvalue weighted by Crippen LogP contribution is 2.29. The normalized spacial score (nSPS) is 18.5. The number of hydrogen-bond donors (Lipinski definition) is 3. The van der Waals surface area contributed by atoms with Gasteiger partial charge in [0.25, 0.3) is 0 Å². The average molecular weight is 831 g/mol. The molecule has 8 rings (SSSR count). The van der Waals surface area contributed by atoms with Crippen molar-refractivity contribution in [3.8, 4) is 44.4 Å². The van der Waals surface area contributed by atoms with Crippen molar-refractivity contribution in [2.45, 2.75) is 44.9 Å². The summed E-state index contributed by atoms with van der Waals surface area (Å²) in [5.41, 5.74) is 2.08. The van der Waals surface area contributed by atoms with Crippen LogP contribution in [0.15, 0.2) is 84.1 Å². The van der Waals surface area contributed by atoms with E-state index >= 15 is 9.59 Å². The second-order valence-corrected chi connectivity index (χ2v) is 16.2. The number of aromatic nitrogens is 8. The molecule has 6 aromatic rings. The maximum absolute atomic E-state index is 15.2. The number of pyridine rings is 2.